The van der Waals surface area contributed by atoms with Crippen LogP contribution in [0.15, 0.2) is 34.1 Å². The van der Waals surface area contributed by atoms with Gasteiger partial charge in [-0.1, -0.05) is 11.2 Å². The van der Waals surface area contributed by atoms with Crippen molar-refractivity contribution in [3.63, 3.8) is 0 Å². The summed E-state index contributed by atoms with van der Waals surface area (Å²) in [5.74, 6) is -0.503. The molecule has 20 heavy (non-hydrogen) atoms. The van der Waals surface area contributed by atoms with Crippen molar-refractivity contribution in [3.05, 3.63) is 57.0 Å². The van der Waals surface area contributed by atoms with Crippen LogP contribution in [0.25, 0.3) is 0 Å². The van der Waals surface area contributed by atoms with Crippen molar-refractivity contribution in [2.75, 3.05) is 0 Å². The zero-order valence-corrected chi connectivity index (χ0v) is 11.9. The van der Waals surface area contributed by atoms with Gasteiger partial charge in [-0.05, 0) is 46.5 Å². The largest absolute Gasteiger partial charge is 0.409 e. The van der Waals surface area contributed by atoms with Gasteiger partial charge in [0.25, 0.3) is 0 Å². The number of amidine groups is 1. The standard InChI is InChI=1S/C14H16FN3OS/c1-9-7-20-8-11(9)6-17-5-10-2-3-12(15)4-13(10)14(16)18-19/h2-4,7-8,17,19H,5-6H2,1H3,(H2,16,18). The Morgan fingerprint density at radius 1 is 1.35 bits per heavy atom. The Hall–Kier alpha value is -1.92. The van der Waals surface area contributed by atoms with E-state index in [1.807, 2.05) is 0 Å². The van der Waals surface area contributed by atoms with Crippen molar-refractivity contribution in [3.8, 4) is 0 Å². The third-order valence-electron chi connectivity index (χ3n) is 3.05. The van der Waals surface area contributed by atoms with E-state index in [9.17, 15) is 4.39 Å². The Bertz CT molecular complexity index is 625. The van der Waals surface area contributed by atoms with E-state index in [0.29, 0.717) is 12.1 Å². The fourth-order valence-corrected chi connectivity index (χ4v) is 2.75. The summed E-state index contributed by atoms with van der Waals surface area (Å²) in [6.07, 6.45) is 0. The molecule has 0 aliphatic rings. The van der Waals surface area contributed by atoms with Crippen LogP contribution in [0.4, 0.5) is 4.39 Å². The van der Waals surface area contributed by atoms with E-state index < -0.39 is 5.82 Å². The van der Waals surface area contributed by atoms with Gasteiger partial charge in [0, 0.05) is 18.7 Å². The molecule has 2 aromatic rings. The Morgan fingerprint density at radius 3 is 2.75 bits per heavy atom. The van der Waals surface area contributed by atoms with Crippen molar-refractivity contribution in [1.29, 1.82) is 0 Å². The summed E-state index contributed by atoms with van der Waals surface area (Å²) in [6, 6.07) is 4.26. The molecule has 1 aromatic heterocycles. The summed E-state index contributed by atoms with van der Waals surface area (Å²) in [5.41, 5.74) is 9.24. The van der Waals surface area contributed by atoms with Crippen molar-refractivity contribution < 1.29 is 9.60 Å². The highest BCUT2D eigenvalue weighted by molar-refractivity contribution is 7.08. The van der Waals surface area contributed by atoms with Crippen LogP contribution in [0.5, 0.6) is 0 Å². The predicted octanol–water partition coefficient (Wildman–Crippen LogP) is 2.58. The topological polar surface area (TPSA) is 70.6 Å². The lowest BCUT2D eigenvalue weighted by Gasteiger charge is -2.10. The highest BCUT2D eigenvalue weighted by atomic mass is 32.1. The summed E-state index contributed by atoms with van der Waals surface area (Å²) in [4.78, 5) is 0. The molecule has 1 heterocycles. The maximum Gasteiger partial charge on any atom is 0.170 e. The zero-order chi connectivity index (χ0) is 14.5. The average molecular weight is 293 g/mol. The number of halogens is 1. The minimum atomic E-state index is -0.413. The van der Waals surface area contributed by atoms with E-state index >= 15 is 0 Å². The summed E-state index contributed by atoms with van der Waals surface area (Å²) in [5, 5.41) is 19.1. The van der Waals surface area contributed by atoms with Crippen LogP contribution in [-0.4, -0.2) is 11.0 Å². The van der Waals surface area contributed by atoms with Gasteiger partial charge in [0.05, 0.1) is 0 Å². The lowest BCUT2D eigenvalue weighted by atomic mass is 10.1. The van der Waals surface area contributed by atoms with Crippen LogP contribution in [0.1, 0.15) is 22.3 Å². The number of nitrogens with zero attached hydrogens (tertiary/aromatic N) is 1. The number of benzene rings is 1. The Kier molecular flexibility index (Phi) is 4.70. The molecule has 6 heteroatoms. The highest BCUT2D eigenvalue weighted by Crippen LogP contribution is 2.15. The molecule has 0 unspecified atom stereocenters. The summed E-state index contributed by atoms with van der Waals surface area (Å²) in [6.45, 7) is 3.30. The molecule has 4 N–H and O–H groups in total. The van der Waals surface area contributed by atoms with E-state index in [4.69, 9.17) is 10.9 Å². The van der Waals surface area contributed by atoms with Gasteiger partial charge in [-0.3, -0.25) is 0 Å². The zero-order valence-electron chi connectivity index (χ0n) is 11.1. The van der Waals surface area contributed by atoms with E-state index in [0.717, 1.165) is 12.1 Å². The first-order chi connectivity index (χ1) is 9.61. The smallest absolute Gasteiger partial charge is 0.170 e. The molecule has 0 radical (unpaired) electrons. The molecule has 0 amide bonds. The van der Waals surface area contributed by atoms with Crippen molar-refractivity contribution in [2.45, 2.75) is 20.0 Å². The number of oxime groups is 1. The number of hydrogen-bond donors (Lipinski definition) is 3. The first-order valence-corrected chi connectivity index (χ1v) is 7.05. The fourth-order valence-electron chi connectivity index (χ4n) is 1.89. The average Bonchev–Trinajstić information content (AvgIpc) is 2.85. The second kappa shape index (κ2) is 6.49. The molecular weight excluding hydrogens is 277 g/mol. The van der Waals surface area contributed by atoms with Crippen LogP contribution in [0.2, 0.25) is 0 Å². The van der Waals surface area contributed by atoms with Gasteiger partial charge in [-0.2, -0.15) is 11.3 Å². The van der Waals surface area contributed by atoms with E-state index in [1.165, 1.54) is 23.3 Å². The van der Waals surface area contributed by atoms with Crippen LogP contribution < -0.4 is 11.1 Å². The predicted molar refractivity (Wildman–Crippen MR) is 78.5 cm³/mol. The SMILES string of the molecule is Cc1cscc1CNCc1ccc(F)cc1/C(N)=N/O. The number of nitrogens with two attached hydrogens (primary N) is 1. The van der Waals surface area contributed by atoms with Gasteiger partial charge in [0.1, 0.15) is 5.82 Å². The Labute approximate surface area is 120 Å². The van der Waals surface area contributed by atoms with E-state index in [2.05, 4.69) is 28.2 Å². The molecule has 0 aliphatic carbocycles. The molecule has 0 aliphatic heterocycles. The number of rotatable bonds is 5. The van der Waals surface area contributed by atoms with Crippen molar-refractivity contribution in [1.82, 2.24) is 5.32 Å². The number of aryl methyl sites for hydroxylation is 1. The molecular formula is C14H16FN3OS. The van der Waals surface area contributed by atoms with Crippen molar-refractivity contribution >= 4 is 17.2 Å². The number of thiophene rings is 1. The molecule has 0 spiro atoms. The van der Waals surface area contributed by atoms with E-state index in [1.54, 1.807) is 17.4 Å². The Morgan fingerprint density at radius 2 is 2.10 bits per heavy atom. The van der Waals surface area contributed by atoms with Gasteiger partial charge in [-0.25, -0.2) is 4.39 Å². The molecule has 1 aromatic carbocycles. The number of hydrogen-bond acceptors (Lipinski definition) is 4. The second-order valence-corrected chi connectivity index (χ2v) is 5.21. The molecule has 4 nitrogen and oxygen atoms in total. The monoisotopic (exact) mass is 293 g/mol. The molecule has 2 rings (SSSR count). The van der Waals surface area contributed by atoms with Gasteiger partial charge in [-0.15, -0.1) is 0 Å². The molecule has 0 atom stereocenters. The molecule has 0 saturated heterocycles. The quantitative estimate of drug-likeness (QED) is 0.343. The lowest BCUT2D eigenvalue weighted by Crippen LogP contribution is -2.20. The first-order valence-electron chi connectivity index (χ1n) is 6.10. The van der Waals surface area contributed by atoms with Crippen LogP contribution in [0.3, 0.4) is 0 Å². The van der Waals surface area contributed by atoms with Crippen LogP contribution in [0, 0.1) is 12.7 Å². The summed E-state index contributed by atoms with van der Waals surface area (Å²) in [7, 11) is 0. The molecule has 0 saturated carbocycles. The number of nitrogens with one attached hydrogen (secondary N) is 1. The molecule has 106 valence electrons. The third kappa shape index (κ3) is 3.34. The minimum Gasteiger partial charge on any atom is -0.409 e. The summed E-state index contributed by atoms with van der Waals surface area (Å²) < 4.78 is 13.2. The van der Waals surface area contributed by atoms with Gasteiger partial charge in [0.15, 0.2) is 5.84 Å². The lowest BCUT2D eigenvalue weighted by molar-refractivity contribution is 0.318. The maximum atomic E-state index is 13.2. The highest BCUT2D eigenvalue weighted by Gasteiger charge is 2.09. The van der Waals surface area contributed by atoms with Gasteiger partial charge >= 0.3 is 0 Å². The fraction of sp³-hybridized carbons (Fsp3) is 0.214. The van der Waals surface area contributed by atoms with Crippen LogP contribution in [-0.2, 0) is 13.1 Å². The minimum absolute atomic E-state index is 0.0898. The van der Waals surface area contributed by atoms with Crippen LogP contribution >= 0.6 is 11.3 Å². The maximum absolute atomic E-state index is 13.2. The Balaban J connectivity index is 2.08. The third-order valence-corrected chi connectivity index (χ3v) is 3.96. The normalized spacial score (nSPS) is 11.8. The van der Waals surface area contributed by atoms with E-state index in [-0.39, 0.29) is 5.84 Å². The first kappa shape index (κ1) is 14.5. The van der Waals surface area contributed by atoms with Crippen molar-refractivity contribution in [2.24, 2.45) is 10.9 Å². The summed E-state index contributed by atoms with van der Waals surface area (Å²) >= 11 is 1.66. The van der Waals surface area contributed by atoms with Gasteiger partial charge in [0.2, 0.25) is 0 Å². The molecule has 0 bridgehead atoms. The molecule has 0 fully saturated rings. The van der Waals surface area contributed by atoms with Gasteiger partial charge < -0.3 is 16.3 Å². The second-order valence-electron chi connectivity index (χ2n) is 4.47.